The van der Waals surface area contributed by atoms with Crippen LogP contribution in [0.2, 0.25) is 0 Å². The molecule has 0 aliphatic carbocycles. The van der Waals surface area contributed by atoms with Crippen LogP contribution in [-0.4, -0.2) is 11.4 Å². The molecule has 0 spiro atoms. The van der Waals surface area contributed by atoms with Crippen molar-refractivity contribution in [2.75, 3.05) is 6.26 Å². The fourth-order valence-corrected chi connectivity index (χ4v) is 2.29. The van der Waals surface area contributed by atoms with Crippen molar-refractivity contribution in [3.8, 4) is 0 Å². The maximum Gasteiger partial charge on any atom is 0.0682 e. The van der Waals surface area contributed by atoms with E-state index < -0.39 is 0 Å². The zero-order valence-corrected chi connectivity index (χ0v) is 9.15. The van der Waals surface area contributed by atoms with Gasteiger partial charge >= 0.3 is 0 Å². The Hall–Kier alpha value is 0.260. The third-order valence-corrected chi connectivity index (χ3v) is 2.68. The van der Waals surface area contributed by atoms with Gasteiger partial charge in [0.2, 0.25) is 0 Å². The monoisotopic (exact) mass is 280 g/mol. The van der Waals surface area contributed by atoms with Gasteiger partial charge in [0.25, 0.3) is 0 Å². The number of rotatable bonds is 2. The first-order chi connectivity index (χ1) is 5.26. The molecular weight excluding hydrogens is 271 g/mol. The normalized spacial score (nSPS) is 10.1. The third-order valence-electron chi connectivity index (χ3n) is 1.35. The standard InChI is InChI=1S/C8H9IOS/c1-11-8-3-6(5-10)2-7(9)4-8/h2-4,10H,5H2,1H3. The molecule has 0 fully saturated rings. The zero-order valence-electron chi connectivity index (χ0n) is 6.17. The summed E-state index contributed by atoms with van der Waals surface area (Å²) in [4.78, 5) is 1.21. The highest BCUT2D eigenvalue weighted by Crippen LogP contribution is 2.19. The molecule has 0 bridgehead atoms. The first-order valence-electron chi connectivity index (χ1n) is 3.20. The predicted molar refractivity (Wildman–Crippen MR) is 56.9 cm³/mol. The Morgan fingerprint density at radius 2 is 2.18 bits per heavy atom. The molecule has 0 saturated heterocycles. The largest absolute Gasteiger partial charge is 0.392 e. The molecule has 0 aliphatic heterocycles. The second-order valence-corrected chi connectivity index (χ2v) is 4.28. The molecule has 0 aliphatic rings. The summed E-state index contributed by atoms with van der Waals surface area (Å²) in [5, 5.41) is 8.87. The SMILES string of the molecule is CSc1cc(I)cc(CO)c1. The molecule has 1 aromatic carbocycles. The first kappa shape index (κ1) is 9.35. The van der Waals surface area contributed by atoms with Gasteiger partial charge in [-0.2, -0.15) is 0 Å². The maximum absolute atomic E-state index is 8.87. The number of benzene rings is 1. The minimum absolute atomic E-state index is 0.129. The van der Waals surface area contributed by atoms with E-state index in [2.05, 4.69) is 28.7 Å². The van der Waals surface area contributed by atoms with Gasteiger partial charge in [0, 0.05) is 8.47 Å². The van der Waals surface area contributed by atoms with Gasteiger partial charge in [0.15, 0.2) is 0 Å². The van der Waals surface area contributed by atoms with Crippen LogP contribution in [0, 0.1) is 3.57 Å². The minimum atomic E-state index is 0.129. The van der Waals surface area contributed by atoms with Crippen LogP contribution in [-0.2, 0) is 6.61 Å². The van der Waals surface area contributed by atoms with Crippen molar-refractivity contribution in [2.24, 2.45) is 0 Å². The third kappa shape index (κ3) is 2.65. The molecule has 1 nitrogen and oxygen atoms in total. The molecule has 0 unspecified atom stereocenters. The summed E-state index contributed by atoms with van der Waals surface area (Å²) in [5.41, 5.74) is 0.987. The van der Waals surface area contributed by atoms with E-state index >= 15 is 0 Å². The lowest BCUT2D eigenvalue weighted by Crippen LogP contribution is -1.84. The molecule has 3 heteroatoms. The van der Waals surface area contributed by atoms with Gasteiger partial charge in [-0.25, -0.2) is 0 Å². The number of aliphatic hydroxyl groups excluding tert-OH is 1. The minimum Gasteiger partial charge on any atom is -0.392 e. The van der Waals surface area contributed by atoms with Crippen LogP contribution in [0.5, 0.6) is 0 Å². The summed E-state index contributed by atoms with van der Waals surface area (Å²) in [5.74, 6) is 0. The molecule has 11 heavy (non-hydrogen) atoms. The van der Waals surface area contributed by atoms with Crippen LogP contribution in [0.4, 0.5) is 0 Å². The molecule has 0 amide bonds. The molecule has 0 saturated carbocycles. The number of aliphatic hydroxyl groups is 1. The van der Waals surface area contributed by atoms with E-state index in [-0.39, 0.29) is 6.61 Å². The lowest BCUT2D eigenvalue weighted by molar-refractivity contribution is 0.281. The van der Waals surface area contributed by atoms with E-state index in [1.54, 1.807) is 11.8 Å². The van der Waals surface area contributed by atoms with Crippen LogP contribution in [0.25, 0.3) is 0 Å². The van der Waals surface area contributed by atoms with Gasteiger partial charge in [-0.1, -0.05) is 0 Å². The Kier molecular flexibility index (Phi) is 3.68. The number of hydrogen-bond acceptors (Lipinski definition) is 2. The van der Waals surface area contributed by atoms with Crippen LogP contribution in [0.15, 0.2) is 23.1 Å². The van der Waals surface area contributed by atoms with Crippen molar-refractivity contribution in [1.82, 2.24) is 0 Å². The second kappa shape index (κ2) is 4.33. The highest BCUT2D eigenvalue weighted by molar-refractivity contribution is 14.1. The molecule has 60 valence electrons. The summed E-state index contributed by atoms with van der Waals surface area (Å²) in [6, 6.07) is 6.09. The average Bonchev–Trinajstić information content (AvgIpc) is 2.03. The van der Waals surface area contributed by atoms with Crippen molar-refractivity contribution in [3.05, 3.63) is 27.3 Å². The van der Waals surface area contributed by atoms with Crippen molar-refractivity contribution in [2.45, 2.75) is 11.5 Å². The van der Waals surface area contributed by atoms with Crippen LogP contribution < -0.4 is 0 Å². The Bertz CT molecular complexity index is 228. The summed E-state index contributed by atoms with van der Waals surface area (Å²) in [7, 11) is 0. The molecular formula is C8H9IOS. The van der Waals surface area contributed by atoms with Gasteiger partial charge in [0.05, 0.1) is 6.61 Å². The summed E-state index contributed by atoms with van der Waals surface area (Å²) < 4.78 is 1.18. The van der Waals surface area contributed by atoms with Gasteiger partial charge in [-0.15, -0.1) is 11.8 Å². The first-order valence-corrected chi connectivity index (χ1v) is 5.51. The van der Waals surface area contributed by atoms with E-state index in [0.717, 1.165) is 5.56 Å². The van der Waals surface area contributed by atoms with E-state index in [4.69, 9.17) is 5.11 Å². The molecule has 1 rings (SSSR count). The smallest absolute Gasteiger partial charge is 0.0682 e. The van der Waals surface area contributed by atoms with Crippen molar-refractivity contribution in [3.63, 3.8) is 0 Å². The van der Waals surface area contributed by atoms with Crippen LogP contribution >= 0.6 is 34.4 Å². The lowest BCUT2D eigenvalue weighted by Gasteiger charge is -2.01. The quantitative estimate of drug-likeness (QED) is 0.663. The van der Waals surface area contributed by atoms with Crippen LogP contribution in [0.3, 0.4) is 0 Å². The number of thioether (sulfide) groups is 1. The molecule has 1 aromatic rings. The summed E-state index contributed by atoms with van der Waals surface area (Å²) in [6.07, 6.45) is 2.03. The molecule has 0 radical (unpaired) electrons. The van der Waals surface area contributed by atoms with Gasteiger partial charge in [-0.3, -0.25) is 0 Å². The van der Waals surface area contributed by atoms with Crippen LogP contribution in [0.1, 0.15) is 5.56 Å². The van der Waals surface area contributed by atoms with E-state index in [9.17, 15) is 0 Å². The fraction of sp³-hybridized carbons (Fsp3) is 0.250. The average molecular weight is 280 g/mol. The highest BCUT2D eigenvalue weighted by Gasteiger charge is 1.96. The van der Waals surface area contributed by atoms with Gasteiger partial charge < -0.3 is 5.11 Å². The number of halogens is 1. The van der Waals surface area contributed by atoms with Gasteiger partial charge in [-0.05, 0) is 52.6 Å². The second-order valence-electron chi connectivity index (χ2n) is 2.16. The summed E-state index contributed by atoms with van der Waals surface area (Å²) in [6.45, 7) is 0.129. The fourth-order valence-electron chi connectivity index (χ4n) is 0.830. The molecule has 0 aromatic heterocycles. The van der Waals surface area contributed by atoms with Crippen molar-refractivity contribution < 1.29 is 5.11 Å². The number of hydrogen-bond donors (Lipinski definition) is 1. The topological polar surface area (TPSA) is 20.2 Å². The molecule has 1 N–H and O–H groups in total. The molecule has 0 atom stereocenters. The van der Waals surface area contributed by atoms with Gasteiger partial charge in [0.1, 0.15) is 0 Å². The van der Waals surface area contributed by atoms with E-state index in [0.29, 0.717) is 0 Å². The lowest BCUT2D eigenvalue weighted by atomic mass is 10.2. The summed E-state index contributed by atoms with van der Waals surface area (Å²) >= 11 is 3.95. The predicted octanol–water partition coefficient (Wildman–Crippen LogP) is 2.51. The van der Waals surface area contributed by atoms with Crippen molar-refractivity contribution >= 4 is 34.4 Å². The highest BCUT2D eigenvalue weighted by atomic mass is 127. The van der Waals surface area contributed by atoms with E-state index in [1.807, 2.05) is 18.4 Å². The maximum atomic E-state index is 8.87. The Balaban J connectivity index is 3.02. The van der Waals surface area contributed by atoms with E-state index in [1.165, 1.54) is 8.47 Å². The Labute approximate surface area is 84.3 Å². The molecule has 0 heterocycles. The zero-order chi connectivity index (χ0) is 8.27. The Morgan fingerprint density at radius 1 is 1.45 bits per heavy atom. The Morgan fingerprint density at radius 3 is 2.73 bits per heavy atom. The van der Waals surface area contributed by atoms with Crippen molar-refractivity contribution in [1.29, 1.82) is 0 Å².